The van der Waals surface area contributed by atoms with E-state index in [2.05, 4.69) is 14.7 Å². The Labute approximate surface area is 92.3 Å². The summed E-state index contributed by atoms with van der Waals surface area (Å²) in [4.78, 5) is 20.8. The number of anilines is 1. The monoisotopic (exact) mass is 225 g/mol. The highest BCUT2D eigenvalue weighted by Crippen LogP contribution is 2.28. The predicted molar refractivity (Wildman–Crippen MR) is 55.1 cm³/mol. The van der Waals surface area contributed by atoms with Crippen LogP contribution in [0, 0.1) is 0 Å². The summed E-state index contributed by atoms with van der Waals surface area (Å²) in [5.41, 5.74) is -1.00. The molecule has 2 heterocycles. The molecule has 0 aromatic carbocycles. The molecule has 1 aliphatic rings. The van der Waals surface area contributed by atoms with E-state index in [4.69, 9.17) is 0 Å². The molecule has 1 aromatic rings. The van der Waals surface area contributed by atoms with Crippen molar-refractivity contribution in [2.45, 2.75) is 12.6 Å². The lowest BCUT2D eigenvalue weighted by Crippen LogP contribution is -2.57. The first-order chi connectivity index (χ1) is 7.52. The van der Waals surface area contributed by atoms with Crippen molar-refractivity contribution < 1.29 is 13.9 Å². The molecule has 0 atom stereocenters. The first-order valence-corrected chi connectivity index (χ1v) is 4.86. The number of aromatic nitrogens is 2. The highest BCUT2D eigenvalue weighted by atomic mass is 19.1. The van der Waals surface area contributed by atoms with Gasteiger partial charge in [-0.25, -0.2) is 19.2 Å². The topological polar surface area (TPSA) is 55.3 Å². The maximum absolute atomic E-state index is 13.2. The van der Waals surface area contributed by atoms with Gasteiger partial charge in [-0.2, -0.15) is 0 Å². The van der Waals surface area contributed by atoms with Gasteiger partial charge in [-0.05, 0) is 6.92 Å². The van der Waals surface area contributed by atoms with Crippen LogP contribution in [-0.4, -0.2) is 41.8 Å². The lowest BCUT2D eigenvalue weighted by Gasteiger charge is -2.42. The second-order valence-corrected chi connectivity index (χ2v) is 4.02. The summed E-state index contributed by atoms with van der Waals surface area (Å²) in [6.45, 7) is 2.15. The van der Waals surface area contributed by atoms with Crippen LogP contribution in [0.2, 0.25) is 0 Å². The van der Waals surface area contributed by atoms with Crippen LogP contribution in [0.4, 0.5) is 10.2 Å². The van der Waals surface area contributed by atoms with Crippen molar-refractivity contribution in [2.24, 2.45) is 0 Å². The third-order valence-electron chi connectivity index (χ3n) is 2.40. The van der Waals surface area contributed by atoms with Gasteiger partial charge in [-0.1, -0.05) is 0 Å². The van der Waals surface area contributed by atoms with Crippen LogP contribution >= 0.6 is 0 Å². The lowest BCUT2D eigenvalue weighted by atomic mass is 9.99. The number of alkyl halides is 1. The minimum absolute atomic E-state index is 0.148. The average Bonchev–Trinajstić information content (AvgIpc) is 2.25. The van der Waals surface area contributed by atoms with Crippen molar-refractivity contribution in [1.29, 1.82) is 0 Å². The van der Waals surface area contributed by atoms with Crippen LogP contribution in [0.25, 0.3) is 0 Å². The van der Waals surface area contributed by atoms with Crippen molar-refractivity contribution in [3.05, 3.63) is 18.1 Å². The number of esters is 1. The van der Waals surface area contributed by atoms with Crippen LogP contribution in [0.5, 0.6) is 0 Å². The summed E-state index contributed by atoms with van der Waals surface area (Å²) >= 11 is 0. The van der Waals surface area contributed by atoms with Gasteiger partial charge in [-0.15, -0.1) is 0 Å². The minimum atomic E-state index is -1.15. The molecular weight excluding hydrogens is 213 g/mol. The predicted octanol–water partition coefficient (Wildman–Crippen LogP) is 0.811. The van der Waals surface area contributed by atoms with Crippen LogP contribution < -0.4 is 4.90 Å². The van der Waals surface area contributed by atoms with Gasteiger partial charge in [-0.3, -0.25) is 0 Å². The molecule has 0 spiro atoms. The maximum Gasteiger partial charge on any atom is 0.358 e. The fourth-order valence-electron chi connectivity index (χ4n) is 1.61. The van der Waals surface area contributed by atoms with Crippen LogP contribution in [0.1, 0.15) is 17.4 Å². The first-order valence-electron chi connectivity index (χ1n) is 4.86. The summed E-state index contributed by atoms with van der Waals surface area (Å²) in [5, 5.41) is 0. The molecule has 1 aromatic heterocycles. The summed E-state index contributed by atoms with van der Waals surface area (Å²) in [5.74, 6) is 0.0424. The molecule has 5 nitrogen and oxygen atoms in total. The quantitative estimate of drug-likeness (QED) is 0.697. The van der Waals surface area contributed by atoms with Gasteiger partial charge in [0.05, 0.1) is 32.6 Å². The molecular formula is C10H12FN3O2. The fourth-order valence-corrected chi connectivity index (χ4v) is 1.61. The van der Waals surface area contributed by atoms with Gasteiger partial charge in [0.15, 0.2) is 5.69 Å². The highest BCUT2D eigenvalue weighted by molar-refractivity contribution is 5.86. The number of hydrogen-bond acceptors (Lipinski definition) is 5. The van der Waals surface area contributed by atoms with E-state index in [0.29, 0.717) is 18.9 Å². The molecule has 0 radical (unpaired) electrons. The molecule has 0 N–H and O–H groups in total. The lowest BCUT2D eigenvalue weighted by molar-refractivity contribution is 0.0593. The van der Waals surface area contributed by atoms with Gasteiger partial charge in [0.1, 0.15) is 11.5 Å². The van der Waals surface area contributed by atoms with E-state index in [-0.39, 0.29) is 5.69 Å². The van der Waals surface area contributed by atoms with E-state index in [0.717, 1.165) is 0 Å². The van der Waals surface area contributed by atoms with Crippen molar-refractivity contribution in [3.8, 4) is 0 Å². The van der Waals surface area contributed by atoms with E-state index < -0.39 is 11.6 Å². The van der Waals surface area contributed by atoms with E-state index in [1.165, 1.54) is 19.5 Å². The summed E-state index contributed by atoms with van der Waals surface area (Å²) in [7, 11) is 1.28. The molecule has 0 saturated carbocycles. The fraction of sp³-hybridized carbons (Fsp3) is 0.500. The number of rotatable bonds is 2. The number of ether oxygens (including phenoxy) is 1. The number of carbonyl (C=O) groups excluding carboxylic acids is 1. The SMILES string of the molecule is COC(=O)c1cnc(N2CC(C)(F)C2)cn1. The Morgan fingerprint density at radius 1 is 1.50 bits per heavy atom. The summed E-state index contributed by atoms with van der Waals surface area (Å²) in [6.07, 6.45) is 2.77. The van der Waals surface area contributed by atoms with Crippen LogP contribution in [0.3, 0.4) is 0 Å². The largest absolute Gasteiger partial charge is 0.464 e. The molecule has 1 fully saturated rings. The molecule has 0 aliphatic carbocycles. The van der Waals surface area contributed by atoms with E-state index in [1.807, 2.05) is 0 Å². The molecule has 1 aliphatic heterocycles. The number of carbonyl (C=O) groups is 1. The Balaban J connectivity index is 2.06. The Morgan fingerprint density at radius 2 is 2.19 bits per heavy atom. The smallest absolute Gasteiger partial charge is 0.358 e. The zero-order valence-corrected chi connectivity index (χ0v) is 9.11. The second-order valence-electron chi connectivity index (χ2n) is 4.02. The van der Waals surface area contributed by atoms with Gasteiger partial charge in [0.2, 0.25) is 0 Å². The van der Waals surface area contributed by atoms with Gasteiger partial charge in [0.25, 0.3) is 0 Å². The number of nitrogens with zero attached hydrogens (tertiary/aromatic N) is 3. The number of methoxy groups -OCH3 is 1. The molecule has 0 bridgehead atoms. The Hall–Kier alpha value is -1.72. The van der Waals surface area contributed by atoms with Crippen molar-refractivity contribution in [3.63, 3.8) is 0 Å². The highest BCUT2D eigenvalue weighted by Gasteiger charge is 2.39. The Bertz CT molecular complexity index is 397. The van der Waals surface area contributed by atoms with E-state index >= 15 is 0 Å². The van der Waals surface area contributed by atoms with Crippen molar-refractivity contribution in [1.82, 2.24) is 9.97 Å². The Morgan fingerprint density at radius 3 is 2.62 bits per heavy atom. The van der Waals surface area contributed by atoms with E-state index in [9.17, 15) is 9.18 Å². The van der Waals surface area contributed by atoms with E-state index in [1.54, 1.807) is 11.8 Å². The second kappa shape index (κ2) is 3.70. The third kappa shape index (κ3) is 1.95. The summed E-state index contributed by atoms with van der Waals surface area (Å²) in [6, 6.07) is 0. The first kappa shape index (κ1) is 10.8. The third-order valence-corrected chi connectivity index (χ3v) is 2.40. The standard InChI is InChI=1S/C10H12FN3O2/c1-10(11)5-14(6-10)8-4-12-7(3-13-8)9(15)16-2/h3-4H,5-6H2,1-2H3. The van der Waals surface area contributed by atoms with Gasteiger partial charge >= 0.3 is 5.97 Å². The van der Waals surface area contributed by atoms with Crippen molar-refractivity contribution >= 4 is 11.8 Å². The van der Waals surface area contributed by atoms with Crippen LogP contribution in [0.15, 0.2) is 12.4 Å². The van der Waals surface area contributed by atoms with Crippen molar-refractivity contribution in [2.75, 3.05) is 25.1 Å². The van der Waals surface area contributed by atoms with Crippen LogP contribution in [-0.2, 0) is 4.74 Å². The molecule has 1 saturated heterocycles. The molecule has 2 rings (SSSR count). The molecule has 16 heavy (non-hydrogen) atoms. The molecule has 0 unspecified atom stereocenters. The molecule has 86 valence electrons. The number of hydrogen-bond donors (Lipinski definition) is 0. The molecule has 6 heteroatoms. The minimum Gasteiger partial charge on any atom is -0.464 e. The van der Waals surface area contributed by atoms with Gasteiger partial charge < -0.3 is 9.64 Å². The Kier molecular flexibility index (Phi) is 2.49. The number of halogens is 1. The summed E-state index contributed by atoms with van der Waals surface area (Å²) < 4.78 is 17.7. The zero-order valence-electron chi connectivity index (χ0n) is 9.11. The zero-order chi connectivity index (χ0) is 11.8. The average molecular weight is 225 g/mol. The molecule has 0 amide bonds. The maximum atomic E-state index is 13.2. The van der Waals surface area contributed by atoms with Gasteiger partial charge in [0, 0.05) is 0 Å². The normalized spacial score (nSPS) is 17.8.